The summed E-state index contributed by atoms with van der Waals surface area (Å²) in [5.41, 5.74) is 2.06. The van der Waals surface area contributed by atoms with Gasteiger partial charge in [0.05, 0.1) is 16.1 Å². The van der Waals surface area contributed by atoms with E-state index in [9.17, 15) is 36.3 Å². The second-order valence-corrected chi connectivity index (χ2v) is 13.5. The normalized spacial score (nSPS) is 12.4. The number of carbonyl (C=O) groups excluding carboxylic acids is 1. The van der Waals surface area contributed by atoms with Crippen molar-refractivity contribution in [2.45, 2.75) is 22.8 Å². The number of rotatable bonds is 10. The van der Waals surface area contributed by atoms with Crippen LogP contribution in [0.15, 0.2) is 104 Å². The molecular formula is C30H21BrF3N3O6S2. The predicted octanol–water partition coefficient (Wildman–Crippen LogP) is 7.08. The summed E-state index contributed by atoms with van der Waals surface area (Å²) in [7, 11) is -4.34. The molecule has 9 nitrogen and oxygen atoms in total. The van der Waals surface area contributed by atoms with Crippen molar-refractivity contribution in [3.8, 4) is 21.7 Å². The van der Waals surface area contributed by atoms with Crippen molar-refractivity contribution in [1.29, 1.82) is 0 Å². The van der Waals surface area contributed by atoms with E-state index in [4.69, 9.17) is 0 Å². The Hall–Kier alpha value is -4.47. The van der Waals surface area contributed by atoms with Crippen molar-refractivity contribution in [3.63, 3.8) is 0 Å². The number of carboxylic acid groups (broad SMARTS) is 1. The fourth-order valence-electron chi connectivity index (χ4n) is 4.25. The highest BCUT2D eigenvalue weighted by Crippen LogP contribution is 2.36. The topological polar surface area (TPSA) is 139 Å². The highest BCUT2D eigenvalue weighted by molar-refractivity contribution is 9.10. The lowest BCUT2D eigenvalue weighted by Crippen LogP contribution is -2.42. The number of carbonyl (C=O) groups is 2. The minimum Gasteiger partial charge on any atom is -0.480 e. The van der Waals surface area contributed by atoms with Crippen LogP contribution in [0.2, 0.25) is 0 Å². The standard InChI is InChI=1S/C30H21BrF3N3O6S2/c31-20-10-11-22(37-45(41,42)27-13-12-25(44-27)23-16-26(43-36-23)30(32,33)34)21(15-20)28(38)35-24(29(39)40)14-17-6-8-19(9-7-17)18-4-2-1-3-5-18/h1-13,15-16,24,37H,14H2,(H,35,38)(H,39,40)/t24-/m0/s1. The van der Waals surface area contributed by atoms with Gasteiger partial charge in [0, 0.05) is 17.0 Å². The number of nitrogens with one attached hydrogen (secondary N) is 2. The molecule has 0 radical (unpaired) electrons. The number of amides is 1. The SMILES string of the molecule is O=C(N[C@@H](Cc1ccc(-c2ccccc2)cc1)C(=O)O)c1cc(Br)ccc1NS(=O)(=O)c1ccc(-c2cc(C(F)(F)F)on2)s1. The number of hydrogen-bond donors (Lipinski definition) is 3. The van der Waals surface area contributed by atoms with E-state index >= 15 is 0 Å². The van der Waals surface area contributed by atoms with Gasteiger partial charge in [-0.3, -0.25) is 9.52 Å². The molecule has 0 unspecified atom stereocenters. The van der Waals surface area contributed by atoms with E-state index in [0.717, 1.165) is 11.1 Å². The van der Waals surface area contributed by atoms with E-state index in [1.165, 1.54) is 30.3 Å². The molecule has 0 saturated heterocycles. The van der Waals surface area contributed by atoms with Gasteiger partial charge in [0.25, 0.3) is 15.9 Å². The third kappa shape index (κ3) is 7.61. The van der Waals surface area contributed by atoms with Gasteiger partial charge in [-0.25, -0.2) is 13.2 Å². The quantitative estimate of drug-likeness (QED) is 0.140. The number of anilines is 1. The van der Waals surface area contributed by atoms with Crippen LogP contribution in [0, 0.1) is 0 Å². The number of benzene rings is 3. The summed E-state index contributed by atoms with van der Waals surface area (Å²) in [6.07, 6.45) is -4.80. The third-order valence-electron chi connectivity index (χ3n) is 6.46. The van der Waals surface area contributed by atoms with Crippen molar-refractivity contribution in [2.24, 2.45) is 0 Å². The summed E-state index contributed by atoms with van der Waals surface area (Å²) in [4.78, 5) is 25.5. The molecule has 3 aromatic carbocycles. The van der Waals surface area contributed by atoms with Crippen LogP contribution in [-0.4, -0.2) is 36.6 Å². The van der Waals surface area contributed by atoms with Gasteiger partial charge in [-0.2, -0.15) is 13.2 Å². The first kappa shape index (κ1) is 31.9. The maximum atomic E-state index is 13.3. The average Bonchev–Trinajstić information content (AvgIpc) is 3.70. The fourth-order valence-corrected chi connectivity index (χ4v) is 6.95. The number of carboxylic acids is 1. The molecule has 3 N–H and O–H groups in total. The molecule has 0 aliphatic carbocycles. The van der Waals surface area contributed by atoms with Crippen LogP contribution < -0.4 is 10.0 Å². The molecule has 1 atom stereocenters. The molecule has 45 heavy (non-hydrogen) atoms. The molecule has 1 amide bonds. The van der Waals surface area contributed by atoms with E-state index in [1.54, 1.807) is 12.1 Å². The van der Waals surface area contributed by atoms with Gasteiger partial charge < -0.3 is 14.9 Å². The highest BCUT2D eigenvalue weighted by atomic mass is 79.9. The summed E-state index contributed by atoms with van der Waals surface area (Å²) in [5, 5.41) is 15.7. The lowest BCUT2D eigenvalue weighted by Gasteiger charge is -2.17. The Balaban J connectivity index is 1.33. The zero-order chi connectivity index (χ0) is 32.4. The molecule has 5 aromatic rings. The van der Waals surface area contributed by atoms with Crippen molar-refractivity contribution < 1.29 is 40.8 Å². The Bertz CT molecular complexity index is 1960. The van der Waals surface area contributed by atoms with E-state index in [1.807, 2.05) is 42.5 Å². The second kappa shape index (κ2) is 12.9. The van der Waals surface area contributed by atoms with E-state index in [0.29, 0.717) is 27.4 Å². The summed E-state index contributed by atoms with van der Waals surface area (Å²) in [6, 6.07) is 22.7. The van der Waals surface area contributed by atoms with Crippen molar-refractivity contribution in [1.82, 2.24) is 10.5 Å². The first-order chi connectivity index (χ1) is 21.3. The number of sulfonamides is 1. The van der Waals surface area contributed by atoms with Crippen LogP contribution >= 0.6 is 27.3 Å². The number of thiophene rings is 1. The molecule has 232 valence electrons. The Morgan fingerprint density at radius 2 is 1.64 bits per heavy atom. The number of halogens is 4. The fraction of sp³-hybridized carbons (Fsp3) is 0.100. The van der Waals surface area contributed by atoms with E-state index in [2.05, 4.69) is 35.6 Å². The molecule has 2 aromatic heterocycles. The molecule has 0 bridgehead atoms. The molecule has 5 rings (SSSR count). The first-order valence-corrected chi connectivity index (χ1v) is 16.0. The highest BCUT2D eigenvalue weighted by Gasteiger charge is 2.36. The number of nitrogens with zero attached hydrogens (tertiary/aromatic N) is 1. The van der Waals surface area contributed by atoms with Crippen LogP contribution in [-0.2, 0) is 27.4 Å². The van der Waals surface area contributed by atoms with Gasteiger partial charge in [0.1, 0.15) is 15.9 Å². The minimum absolute atomic E-state index is 0.0404. The van der Waals surface area contributed by atoms with Gasteiger partial charge in [0.2, 0.25) is 5.76 Å². The van der Waals surface area contributed by atoms with Crippen LogP contribution in [0.4, 0.5) is 18.9 Å². The number of aromatic nitrogens is 1. The summed E-state index contributed by atoms with van der Waals surface area (Å²) < 4.78 is 71.8. The van der Waals surface area contributed by atoms with Crippen LogP contribution in [0.1, 0.15) is 21.7 Å². The molecule has 15 heteroatoms. The van der Waals surface area contributed by atoms with Crippen LogP contribution in [0.5, 0.6) is 0 Å². The van der Waals surface area contributed by atoms with Crippen molar-refractivity contribution in [2.75, 3.05) is 4.72 Å². The first-order valence-electron chi connectivity index (χ1n) is 12.9. The smallest absolute Gasteiger partial charge is 0.452 e. The lowest BCUT2D eigenvalue weighted by atomic mass is 10.0. The van der Waals surface area contributed by atoms with E-state index < -0.39 is 39.9 Å². The molecule has 0 aliphatic rings. The zero-order valence-electron chi connectivity index (χ0n) is 22.7. The van der Waals surface area contributed by atoms with E-state index in [-0.39, 0.29) is 32.5 Å². The molecule has 0 spiro atoms. The summed E-state index contributed by atoms with van der Waals surface area (Å²) in [6.45, 7) is 0. The Kier molecular flexibility index (Phi) is 9.13. The Labute approximate surface area is 266 Å². The Morgan fingerprint density at radius 1 is 0.956 bits per heavy atom. The predicted molar refractivity (Wildman–Crippen MR) is 164 cm³/mol. The summed E-state index contributed by atoms with van der Waals surface area (Å²) >= 11 is 3.88. The van der Waals surface area contributed by atoms with Gasteiger partial charge in [-0.05, 0) is 47.0 Å². The molecule has 0 saturated carbocycles. The second-order valence-electron chi connectivity index (χ2n) is 9.62. The average molecular weight is 721 g/mol. The lowest BCUT2D eigenvalue weighted by molar-refractivity contribution is -0.155. The van der Waals surface area contributed by atoms with Crippen molar-refractivity contribution in [3.05, 3.63) is 112 Å². The van der Waals surface area contributed by atoms with Gasteiger partial charge >= 0.3 is 12.1 Å². The molecule has 2 heterocycles. The molecular weight excluding hydrogens is 699 g/mol. The monoisotopic (exact) mass is 719 g/mol. The van der Waals surface area contributed by atoms with Gasteiger partial charge in [-0.1, -0.05) is 75.7 Å². The summed E-state index contributed by atoms with van der Waals surface area (Å²) in [5.74, 6) is -3.47. The third-order valence-corrected chi connectivity index (χ3v) is 9.92. The maximum absolute atomic E-state index is 13.3. The number of aliphatic carboxylic acids is 1. The maximum Gasteiger partial charge on any atom is 0.452 e. The minimum atomic E-state index is -4.76. The Morgan fingerprint density at radius 3 is 2.29 bits per heavy atom. The number of hydrogen-bond acceptors (Lipinski definition) is 7. The van der Waals surface area contributed by atoms with Gasteiger partial charge in [0.15, 0.2) is 0 Å². The molecule has 0 aliphatic heterocycles. The van der Waals surface area contributed by atoms with Crippen molar-refractivity contribution >= 4 is 54.9 Å². The number of alkyl halides is 3. The largest absolute Gasteiger partial charge is 0.480 e. The zero-order valence-corrected chi connectivity index (χ0v) is 25.9. The van der Waals surface area contributed by atoms with Crippen LogP contribution in [0.25, 0.3) is 21.7 Å². The van der Waals surface area contributed by atoms with Crippen LogP contribution in [0.3, 0.4) is 0 Å². The molecule has 0 fully saturated rings. The van der Waals surface area contributed by atoms with Gasteiger partial charge in [-0.15, -0.1) is 11.3 Å².